The van der Waals surface area contributed by atoms with E-state index < -0.39 is 11.7 Å². The number of hydrogen-bond donors (Lipinski definition) is 1. The van der Waals surface area contributed by atoms with Crippen molar-refractivity contribution in [3.8, 4) is 0 Å². The first-order valence-corrected chi connectivity index (χ1v) is 8.47. The average Bonchev–Trinajstić information content (AvgIpc) is 2.45. The van der Waals surface area contributed by atoms with E-state index in [-0.39, 0.29) is 12.0 Å². The van der Waals surface area contributed by atoms with Crippen LogP contribution in [0.15, 0.2) is 28.7 Å². The molecular weight excluding hydrogens is 346 g/mol. The van der Waals surface area contributed by atoms with Gasteiger partial charge in [-0.3, -0.25) is 0 Å². The minimum Gasteiger partial charge on any atom is -0.444 e. The fourth-order valence-electron chi connectivity index (χ4n) is 2.69. The number of carbonyl (C=O) groups is 1. The second-order valence-corrected chi connectivity index (χ2v) is 7.72. The maximum Gasteiger partial charge on any atom is 0.410 e. The Morgan fingerprint density at radius 2 is 2.00 bits per heavy atom. The zero-order valence-corrected chi connectivity index (χ0v) is 15.0. The van der Waals surface area contributed by atoms with Crippen LogP contribution < -0.4 is 0 Å². The summed E-state index contributed by atoms with van der Waals surface area (Å²) in [5.41, 5.74) is 0.453. The van der Waals surface area contributed by atoms with Gasteiger partial charge >= 0.3 is 6.09 Å². The monoisotopic (exact) mass is 369 g/mol. The molecule has 1 heterocycles. The number of likely N-dealkylation sites (tertiary alicyclic amines) is 1. The summed E-state index contributed by atoms with van der Waals surface area (Å²) >= 11 is 3.43. The van der Waals surface area contributed by atoms with Crippen LogP contribution in [-0.2, 0) is 4.74 Å². The SMILES string of the molecule is CC(C)(C)OC(=O)N1CCC(C(O)c2cccc(Br)c2)CC1. The number of ether oxygens (including phenoxy) is 1. The van der Waals surface area contributed by atoms with Crippen molar-refractivity contribution in [2.45, 2.75) is 45.3 Å². The van der Waals surface area contributed by atoms with Crippen LogP contribution in [0.4, 0.5) is 4.79 Å². The summed E-state index contributed by atoms with van der Waals surface area (Å²) in [6, 6.07) is 7.76. The van der Waals surface area contributed by atoms with Gasteiger partial charge in [-0.2, -0.15) is 0 Å². The second kappa shape index (κ2) is 7.01. The van der Waals surface area contributed by atoms with Crippen molar-refractivity contribution in [3.63, 3.8) is 0 Å². The van der Waals surface area contributed by atoms with E-state index in [9.17, 15) is 9.90 Å². The van der Waals surface area contributed by atoms with Gasteiger partial charge in [0.05, 0.1) is 6.10 Å². The van der Waals surface area contributed by atoms with Crippen LogP contribution in [0.2, 0.25) is 0 Å². The van der Waals surface area contributed by atoms with Crippen LogP contribution in [0.5, 0.6) is 0 Å². The van der Waals surface area contributed by atoms with E-state index in [1.165, 1.54) is 0 Å². The fraction of sp³-hybridized carbons (Fsp3) is 0.588. The highest BCUT2D eigenvalue weighted by molar-refractivity contribution is 9.10. The van der Waals surface area contributed by atoms with Crippen LogP contribution in [-0.4, -0.2) is 34.8 Å². The molecule has 0 radical (unpaired) electrons. The summed E-state index contributed by atoms with van der Waals surface area (Å²) in [6.07, 6.45) is 0.820. The maximum absolute atomic E-state index is 12.0. The zero-order valence-electron chi connectivity index (χ0n) is 13.4. The Labute approximate surface area is 140 Å². The van der Waals surface area contributed by atoms with E-state index >= 15 is 0 Å². The smallest absolute Gasteiger partial charge is 0.410 e. The molecule has 0 aliphatic carbocycles. The van der Waals surface area contributed by atoms with Crippen molar-refractivity contribution in [2.24, 2.45) is 5.92 Å². The molecule has 1 aliphatic heterocycles. The van der Waals surface area contributed by atoms with Gasteiger partial charge in [0.25, 0.3) is 0 Å². The Balaban J connectivity index is 1.90. The molecule has 4 nitrogen and oxygen atoms in total. The van der Waals surface area contributed by atoms with Crippen molar-refractivity contribution in [2.75, 3.05) is 13.1 Å². The number of aliphatic hydroxyl groups is 1. The number of nitrogens with zero attached hydrogens (tertiary/aromatic N) is 1. The highest BCUT2D eigenvalue weighted by Crippen LogP contribution is 2.32. The molecule has 0 spiro atoms. The number of hydrogen-bond acceptors (Lipinski definition) is 3. The Hall–Kier alpha value is -1.07. The van der Waals surface area contributed by atoms with Crippen LogP contribution in [0, 0.1) is 5.92 Å². The summed E-state index contributed by atoms with van der Waals surface area (Å²) in [4.78, 5) is 13.8. The quantitative estimate of drug-likeness (QED) is 0.852. The molecule has 5 heteroatoms. The standard InChI is InChI=1S/C17H24BrNO3/c1-17(2,3)22-16(21)19-9-7-12(8-10-19)15(20)13-5-4-6-14(18)11-13/h4-6,11-12,15,20H,7-10H2,1-3H3. The molecule has 22 heavy (non-hydrogen) atoms. The maximum atomic E-state index is 12.0. The van der Waals surface area contributed by atoms with E-state index in [4.69, 9.17) is 4.74 Å². The first-order chi connectivity index (χ1) is 10.3. The summed E-state index contributed by atoms with van der Waals surface area (Å²) < 4.78 is 6.36. The molecule has 0 saturated carbocycles. The molecule has 1 N–H and O–H groups in total. The van der Waals surface area contributed by atoms with E-state index in [1.54, 1.807) is 4.90 Å². The van der Waals surface area contributed by atoms with Crippen LogP contribution >= 0.6 is 15.9 Å². The van der Waals surface area contributed by atoms with Gasteiger partial charge in [-0.1, -0.05) is 28.1 Å². The molecule has 1 aromatic rings. The molecule has 122 valence electrons. The highest BCUT2D eigenvalue weighted by atomic mass is 79.9. The van der Waals surface area contributed by atoms with Gasteiger partial charge < -0.3 is 14.7 Å². The molecule has 1 atom stereocenters. The number of carbonyl (C=O) groups excluding carboxylic acids is 1. The number of aliphatic hydroxyl groups excluding tert-OH is 1. The van der Waals surface area contributed by atoms with Crippen LogP contribution in [0.3, 0.4) is 0 Å². The van der Waals surface area contributed by atoms with E-state index in [2.05, 4.69) is 15.9 Å². The topological polar surface area (TPSA) is 49.8 Å². The fourth-order valence-corrected chi connectivity index (χ4v) is 3.10. The van der Waals surface area contributed by atoms with Crippen molar-refractivity contribution in [1.29, 1.82) is 0 Å². The Kier molecular flexibility index (Phi) is 5.50. The highest BCUT2D eigenvalue weighted by Gasteiger charge is 2.30. The van der Waals surface area contributed by atoms with Crippen LogP contribution in [0.1, 0.15) is 45.3 Å². The molecule has 1 amide bonds. The number of rotatable bonds is 2. The minimum absolute atomic E-state index is 0.174. The molecule has 1 aliphatic rings. The van der Waals surface area contributed by atoms with Crippen molar-refractivity contribution >= 4 is 22.0 Å². The Morgan fingerprint density at radius 3 is 2.55 bits per heavy atom. The van der Waals surface area contributed by atoms with Gasteiger partial charge in [-0.25, -0.2) is 4.79 Å². The predicted molar refractivity (Wildman–Crippen MR) is 89.6 cm³/mol. The van der Waals surface area contributed by atoms with Gasteiger partial charge in [-0.05, 0) is 57.2 Å². The lowest BCUT2D eigenvalue weighted by Gasteiger charge is -2.35. The molecule has 1 fully saturated rings. The number of amides is 1. The minimum atomic E-state index is -0.488. The normalized spacial score (nSPS) is 18.1. The van der Waals surface area contributed by atoms with E-state index in [1.807, 2.05) is 45.0 Å². The van der Waals surface area contributed by atoms with Crippen molar-refractivity contribution in [3.05, 3.63) is 34.3 Å². The van der Waals surface area contributed by atoms with Gasteiger partial charge in [0.2, 0.25) is 0 Å². The molecule has 0 aromatic heterocycles. The van der Waals surface area contributed by atoms with Gasteiger partial charge in [0.1, 0.15) is 5.60 Å². The number of halogens is 1. The Bertz CT molecular complexity index is 519. The molecule has 0 bridgehead atoms. The Morgan fingerprint density at radius 1 is 1.36 bits per heavy atom. The summed E-state index contributed by atoms with van der Waals surface area (Å²) in [5.74, 6) is 0.174. The summed E-state index contributed by atoms with van der Waals surface area (Å²) in [7, 11) is 0. The lowest BCUT2D eigenvalue weighted by Crippen LogP contribution is -2.42. The second-order valence-electron chi connectivity index (χ2n) is 6.80. The van der Waals surface area contributed by atoms with E-state index in [0.717, 1.165) is 22.9 Å². The largest absolute Gasteiger partial charge is 0.444 e. The third-order valence-electron chi connectivity index (χ3n) is 3.83. The number of benzene rings is 1. The van der Waals surface area contributed by atoms with Crippen LogP contribution in [0.25, 0.3) is 0 Å². The van der Waals surface area contributed by atoms with Gasteiger partial charge in [0, 0.05) is 17.6 Å². The first-order valence-electron chi connectivity index (χ1n) is 7.68. The molecule has 1 aromatic carbocycles. The number of piperidine rings is 1. The van der Waals surface area contributed by atoms with Gasteiger partial charge in [0.15, 0.2) is 0 Å². The molecular formula is C17H24BrNO3. The molecule has 1 saturated heterocycles. The third kappa shape index (κ3) is 4.71. The lowest BCUT2D eigenvalue weighted by molar-refractivity contribution is 0.00766. The lowest BCUT2D eigenvalue weighted by atomic mass is 9.87. The first kappa shape index (κ1) is 17.3. The average molecular weight is 370 g/mol. The third-order valence-corrected chi connectivity index (χ3v) is 4.32. The van der Waals surface area contributed by atoms with E-state index in [0.29, 0.717) is 13.1 Å². The summed E-state index contributed by atoms with van der Waals surface area (Å²) in [5, 5.41) is 10.5. The molecule has 2 rings (SSSR count). The zero-order chi connectivity index (χ0) is 16.3. The summed E-state index contributed by atoms with van der Waals surface area (Å²) in [6.45, 7) is 6.87. The van der Waals surface area contributed by atoms with Crippen molar-refractivity contribution in [1.82, 2.24) is 4.90 Å². The van der Waals surface area contributed by atoms with Crippen molar-refractivity contribution < 1.29 is 14.6 Å². The van der Waals surface area contributed by atoms with Gasteiger partial charge in [-0.15, -0.1) is 0 Å². The molecule has 1 unspecified atom stereocenters. The predicted octanol–water partition coefficient (Wildman–Crippen LogP) is 4.13.